The summed E-state index contributed by atoms with van der Waals surface area (Å²) in [6.45, 7) is 6.25. The van der Waals surface area contributed by atoms with Gasteiger partial charge in [-0.05, 0) is 24.7 Å². The summed E-state index contributed by atoms with van der Waals surface area (Å²) in [7, 11) is 0. The minimum atomic E-state index is 0.815. The Balaban J connectivity index is 2.38. The molecule has 0 radical (unpaired) electrons. The lowest BCUT2D eigenvalue weighted by Crippen LogP contribution is -2.09. The molecule has 1 saturated carbocycles. The molecule has 0 N–H and O–H groups in total. The molecule has 1 aliphatic rings. The highest BCUT2D eigenvalue weighted by molar-refractivity contribution is 4.82. The Morgan fingerprint density at radius 3 is 2.67 bits per heavy atom. The van der Waals surface area contributed by atoms with Crippen molar-refractivity contribution in [3.63, 3.8) is 0 Å². The maximum absolute atomic E-state index is 3.93. The van der Waals surface area contributed by atoms with Gasteiger partial charge in [-0.2, -0.15) is 0 Å². The molecule has 0 nitrogen and oxygen atoms in total. The fourth-order valence-electron chi connectivity index (χ4n) is 2.27. The fraction of sp³-hybridized carbons (Fsp3) is 0.833. The third-order valence-electron chi connectivity index (χ3n) is 3.23. The zero-order chi connectivity index (χ0) is 8.81. The van der Waals surface area contributed by atoms with Crippen molar-refractivity contribution in [3.05, 3.63) is 12.7 Å². The summed E-state index contributed by atoms with van der Waals surface area (Å²) in [5, 5.41) is 0. The number of allylic oxidation sites excluding steroid dienone is 1. The molecule has 1 fully saturated rings. The van der Waals surface area contributed by atoms with Gasteiger partial charge in [0.05, 0.1) is 0 Å². The molecule has 0 aromatic rings. The van der Waals surface area contributed by atoms with Gasteiger partial charge in [0.2, 0.25) is 0 Å². The van der Waals surface area contributed by atoms with Crippen LogP contribution in [0.4, 0.5) is 0 Å². The molecule has 2 unspecified atom stereocenters. The maximum Gasteiger partial charge on any atom is -0.0234 e. The van der Waals surface area contributed by atoms with Crippen molar-refractivity contribution < 1.29 is 0 Å². The van der Waals surface area contributed by atoms with Crippen LogP contribution >= 0.6 is 0 Å². The first-order chi connectivity index (χ1) is 5.86. The molecule has 70 valence electrons. The molecule has 0 heterocycles. The third kappa shape index (κ3) is 3.00. The van der Waals surface area contributed by atoms with Gasteiger partial charge in [0.25, 0.3) is 0 Å². The smallest absolute Gasteiger partial charge is 0.0234 e. The second-order valence-corrected chi connectivity index (χ2v) is 4.14. The number of hydrogen-bond donors (Lipinski definition) is 0. The van der Waals surface area contributed by atoms with E-state index in [1.54, 1.807) is 0 Å². The predicted molar refractivity (Wildman–Crippen MR) is 55.2 cm³/mol. The fourth-order valence-corrected chi connectivity index (χ4v) is 2.27. The van der Waals surface area contributed by atoms with Gasteiger partial charge < -0.3 is 0 Å². The van der Waals surface area contributed by atoms with Gasteiger partial charge in [0.1, 0.15) is 0 Å². The Hall–Kier alpha value is -0.260. The normalized spacial score (nSPS) is 32.1. The van der Waals surface area contributed by atoms with E-state index in [0.29, 0.717) is 0 Å². The van der Waals surface area contributed by atoms with Crippen molar-refractivity contribution in [2.75, 3.05) is 0 Å². The Bertz CT molecular complexity index is 126. The van der Waals surface area contributed by atoms with Crippen LogP contribution in [0.3, 0.4) is 0 Å². The van der Waals surface area contributed by atoms with E-state index < -0.39 is 0 Å². The monoisotopic (exact) mass is 166 g/mol. The van der Waals surface area contributed by atoms with Gasteiger partial charge in [0.15, 0.2) is 0 Å². The second-order valence-electron chi connectivity index (χ2n) is 4.14. The Morgan fingerprint density at radius 2 is 2.00 bits per heavy atom. The molecule has 0 aromatic heterocycles. The number of rotatable bonds is 2. The Kier molecular flexibility index (Phi) is 4.42. The second kappa shape index (κ2) is 5.40. The van der Waals surface area contributed by atoms with Gasteiger partial charge in [-0.25, -0.2) is 0 Å². The molecule has 0 aliphatic heterocycles. The van der Waals surface area contributed by atoms with Crippen LogP contribution < -0.4 is 0 Å². The van der Waals surface area contributed by atoms with Crippen LogP contribution in [-0.4, -0.2) is 0 Å². The van der Waals surface area contributed by atoms with E-state index in [-0.39, 0.29) is 0 Å². The van der Waals surface area contributed by atoms with E-state index in [1.165, 1.54) is 44.9 Å². The first kappa shape index (κ1) is 9.83. The molecule has 0 amide bonds. The Labute approximate surface area is 77.1 Å². The van der Waals surface area contributed by atoms with Crippen LogP contribution in [0.15, 0.2) is 12.7 Å². The van der Waals surface area contributed by atoms with Crippen molar-refractivity contribution in [3.8, 4) is 0 Å². The average molecular weight is 166 g/mol. The minimum Gasteiger partial charge on any atom is -0.103 e. The van der Waals surface area contributed by atoms with Crippen molar-refractivity contribution in [2.24, 2.45) is 11.8 Å². The van der Waals surface area contributed by atoms with Gasteiger partial charge in [-0.15, -0.1) is 6.58 Å². The van der Waals surface area contributed by atoms with Crippen molar-refractivity contribution in [2.45, 2.75) is 51.9 Å². The summed E-state index contributed by atoms with van der Waals surface area (Å²) in [4.78, 5) is 0. The van der Waals surface area contributed by atoms with Crippen molar-refractivity contribution in [1.29, 1.82) is 0 Å². The van der Waals surface area contributed by atoms with Crippen LogP contribution in [-0.2, 0) is 0 Å². The predicted octanol–water partition coefficient (Wildman–Crippen LogP) is 4.17. The number of hydrogen-bond acceptors (Lipinski definition) is 0. The molecule has 12 heavy (non-hydrogen) atoms. The summed E-state index contributed by atoms with van der Waals surface area (Å²) in [6, 6.07) is 0. The quantitative estimate of drug-likeness (QED) is 0.540. The van der Waals surface area contributed by atoms with E-state index in [0.717, 1.165) is 11.8 Å². The van der Waals surface area contributed by atoms with Crippen LogP contribution in [0.25, 0.3) is 0 Å². The molecule has 1 rings (SSSR count). The highest BCUT2D eigenvalue weighted by Gasteiger charge is 2.14. The lowest BCUT2D eigenvalue weighted by Gasteiger charge is -2.23. The van der Waals surface area contributed by atoms with E-state index in [9.17, 15) is 0 Å². The summed E-state index contributed by atoms with van der Waals surface area (Å²) >= 11 is 0. The van der Waals surface area contributed by atoms with Gasteiger partial charge >= 0.3 is 0 Å². The molecule has 0 saturated heterocycles. The maximum atomic E-state index is 3.93. The van der Waals surface area contributed by atoms with Crippen LogP contribution in [0.1, 0.15) is 51.9 Å². The van der Waals surface area contributed by atoms with Crippen LogP contribution in [0.5, 0.6) is 0 Å². The highest BCUT2D eigenvalue weighted by Crippen LogP contribution is 2.28. The van der Waals surface area contributed by atoms with Gasteiger partial charge in [-0.3, -0.25) is 0 Å². The molecule has 0 bridgehead atoms. The molecule has 2 atom stereocenters. The van der Waals surface area contributed by atoms with E-state index in [1.807, 2.05) is 0 Å². The first-order valence-electron chi connectivity index (χ1n) is 5.49. The molecular weight excluding hydrogens is 144 g/mol. The lowest BCUT2D eigenvalue weighted by atomic mass is 9.83. The van der Waals surface area contributed by atoms with E-state index in [2.05, 4.69) is 19.6 Å². The van der Waals surface area contributed by atoms with E-state index in [4.69, 9.17) is 0 Å². The molecule has 0 heteroatoms. The Morgan fingerprint density at radius 1 is 1.25 bits per heavy atom. The molecular formula is C12H22. The van der Waals surface area contributed by atoms with E-state index >= 15 is 0 Å². The van der Waals surface area contributed by atoms with Crippen LogP contribution in [0, 0.1) is 11.8 Å². The van der Waals surface area contributed by atoms with Gasteiger partial charge in [-0.1, -0.05) is 45.1 Å². The SMILES string of the molecule is C=CC1CCCCCC(CC)C1. The lowest BCUT2D eigenvalue weighted by molar-refractivity contribution is 0.325. The third-order valence-corrected chi connectivity index (χ3v) is 3.23. The zero-order valence-corrected chi connectivity index (χ0v) is 8.39. The van der Waals surface area contributed by atoms with Crippen molar-refractivity contribution in [1.82, 2.24) is 0 Å². The van der Waals surface area contributed by atoms with Crippen molar-refractivity contribution >= 4 is 0 Å². The average Bonchev–Trinajstić information content (AvgIpc) is 2.05. The standard InChI is InChI=1S/C12H22/c1-3-11-8-6-5-7-9-12(4-2)10-11/h3,11-12H,1,4-10H2,2H3. The summed E-state index contributed by atoms with van der Waals surface area (Å²) in [5.74, 6) is 1.79. The summed E-state index contributed by atoms with van der Waals surface area (Å²) < 4.78 is 0. The summed E-state index contributed by atoms with van der Waals surface area (Å²) in [6.07, 6.45) is 12.1. The van der Waals surface area contributed by atoms with Crippen LogP contribution in [0.2, 0.25) is 0 Å². The summed E-state index contributed by atoms with van der Waals surface area (Å²) in [5.41, 5.74) is 0. The zero-order valence-electron chi connectivity index (χ0n) is 8.39. The van der Waals surface area contributed by atoms with Gasteiger partial charge in [0, 0.05) is 0 Å². The highest BCUT2D eigenvalue weighted by atomic mass is 14.2. The minimum absolute atomic E-state index is 0.815. The molecule has 0 spiro atoms. The largest absolute Gasteiger partial charge is 0.103 e. The first-order valence-corrected chi connectivity index (χ1v) is 5.49. The topological polar surface area (TPSA) is 0 Å². The molecule has 1 aliphatic carbocycles. The molecule has 0 aromatic carbocycles.